The van der Waals surface area contributed by atoms with Crippen molar-refractivity contribution in [1.82, 2.24) is 9.78 Å². The molecule has 1 saturated carbocycles. The Morgan fingerprint density at radius 1 is 1.47 bits per heavy atom. The number of rotatable bonds is 2. The lowest BCUT2D eigenvalue weighted by atomic mass is 10.2. The number of nitrogens with zero attached hydrogens (tertiary/aromatic N) is 3. The maximum absolute atomic E-state index is 11.6. The highest BCUT2D eigenvalue weighted by molar-refractivity contribution is 8.13. The third kappa shape index (κ3) is 2.17. The monoisotopic (exact) mass is 273 g/mol. The molecule has 0 amide bonds. The van der Waals surface area contributed by atoms with E-state index in [1.807, 2.05) is 6.07 Å². The molecule has 2 rings (SSSR count). The van der Waals surface area contributed by atoms with Crippen molar-refractivity contribution in [2.75, 3.05) is 0 Å². The SMILES string of the molecule is Cc1nn(C2CCCC2)c(S(=O)(=O)Cl)c1C#N. The second-order valence-corrected chi connectivity index (χ2v) is 6.68. The van der Waals surface area contributed by atoms with Crippen LogP contribution in [0.3, 0.4) is 0 Å². The molecule has 1 aliphatic rings. The summed E-state index contributed by atoms with van der Waals surface area (Å²) < 4.78 is 24.5. The normalized spacial score (nSPS) is 17.2. The van der Waals surface area contributed by atoms with Crippen molar-refractivity contribution < 1.29 is 8.42 Å². The summed E-state index contributed by atoms with van der Waals surface area (Å²) in [4.78, 5) is 0. The first-order chi connectivity index (χ1) is 7.95. The Bertz CT molecular complexity index is 579. The largest absolute Gasteiger partial charge is 0.279 e. The van der Waals surface area contributed by atoms with Crippen molar-refractivity contribution in [3.63, 3.8) is 0 Å². The van der Waals surface area contributed by atoms with E-state index in [9.17, 15) is 8.42 Å². The van der Waals surface area contributed by atoms with E-state index >= 15 is 0 Å². The second kappa shape index (κ2) is 4.31. The van der Waals surface area contributed by atoms with Gasteiger partial charge in [0.1, 0.15) is 11.6 Å². The van der Waals surface area contributed by atoms with Crippen LogP contribution >= 0.6 is 10.7 Å². The summed E-state index contributed by atoms with van der Waals surface area (Å²) in [5, 5.41) is 13.0. The molecule has 1 fully saturated rings. The van der Waals surface area contributed by atoms with Crippen LogP contribution < -0.4 is 0 Å². The fourth-order valence-electron chi connectivity index (χ4n) is 2.28. The Kier molecular flexibility index (Phi) is 3.15. The summed E-state index contributed by atoms with van der Waals surface area (Å²) in [6.45, 7) is 1.62. The molecule has 5 nitrogen and oxygen atoms in total. The zero-order chi connectivity index (χ0) is 12.6. The smallest absolute Gasteiger partial charge is 0.248 e. The number of aryl methyl sites for hydroxylation is 1. The highest BCUT2D eigenvalue weighted by Crippen LogP contribution is 2.34. The number of nitriles is 1. The molecule has 0 aromatic carbocycles. The van der Waals surface area contributed by atoms with Gasteiger partial charge in [-0.15, -0.1) is 0 Å². The van der Waals surface area contributed by atoms with Crippen LogP contribution in [-0.2, 0) is 9.05 Å². The summed E-state index contributed by atoms with van der Waals surface area (Å²) in [5.41, 5.74) is 0.477. The van der Waals surface area contributed by atoms with Crippen LogP contribution in [-0.4, -0.2) is 18.2 Å². The van der Waals surface area contributed by atoms with Gasteiger partial charge in [-0.25, -0.2) is 13.1 Å². The van der Waals surface area contributed by atoms with E-state index in [0.717, 1.165) is 25.7 Å². The molecule has 1 aliphatic carbocycles. The average Bonchev–Trinajstić information content (AvgIpc) is 2.81. The van der Waals surface area contributed by atoms with Gasteiger partial charge >= 0.3 is 0 Å². The molecule has 0 bridgehead atoms. The summed E-state index contributed by atoms with van der Waals surface area (Å²) in [5.74, 6) is 0. The van der Waals surface area contributed by atoms with E-state index in [1.54, 1.807) is 6.92 Å². The third-order valence-electron chi connectivity index (χ3n) is 3.05. The molecule has 0 aliphatic heterocycles. The highest BCUT2D eigenvalue weighted by atomic mass is 35.7. The predicted molar refractivity (Wildman–Crippen MR) is 62.2 cm³/mol. The first-order valence-electron chi connectivity index (χ1n) is 5.39. The Labute approximate surface area is 104 Å². The van der Waals surface area contributed by atoms with E-state index in [-0.39, 0.29) is 16.6 Å². The Morgan fingerprint density at radius 3 is 2.53 bits per heavy atom. The van der Waals surface area contributed by atoms with Gasteiger partial charge < -0.3 is 0 Å². The van der Waals surface area contributed by atoms with Gasteiger partial charge in [-0.2, -0.15) is 10.4 Å². The molecule has 7 heteroatoms. The molecule has 0 atom stereocenters. The number of hydrogen-bond acceptors (Lipinski definition) is 4. The predicted octanol–water partition coefficient (Wildman–Crippen LogP) is 2.11. The molecular weight excluding hydrogens is 262 g/mol. The molecule has 0 spiro atoms. The Balaban J connectivity index is 2.64. The minimum Gasteiger partial charge on any atom is -0.248 e. The minimum atomic E-state index is -3.94. The lowest BCUT2D eigenvalue weighted by molar-refractivity contribution is 0.427. The fraction of sp³-hybridized carbons (Fsp3) is 0.600. The van der Waals surface area contributed by atoms with Crippen molar-refractivity contribution >= 4 is 19.7 Å². The van der Waals surface area contributed by atoms with Crippen LogP contribution in [0.1, 0.15) is 43.0 Å². The van der Waals surface area contributed by atoms with Crippen molar-refractivity contribution in [2.45, 2.75) is 43.7 Å². The first-order valence-corrected chi connectivity index (χ1v) is 7.70. The van der Waals surface area contributed by atoms with Gasteiger partial charge in [0.15, 0.2) is 5.03 Å². The average molecular weight is 274 g/mol. The van der Waals surface area contributed by atoms with E-state index < -0.39 is 9.05 Å². The molecule has 0 saturated heterocycles. The van der Waals surface area contributed by atoms with E-state index in [2.05, 4.69) is 5.10 Å². The van der Waals surface area contributed by atoms with Gasteiger partial charge in [0.25, 0.3) is 9.05 Å². The lowest BCUT2D eigenvalue weighted by Crippen LogP contribution is -2.12. The number of aromatic nitrogens is 2. The van der Waals surface area contributed by atoms with Crippen LogP contribution in [0.4, 0.5) is 0 Å². The van der Waals surface area contributed by atoms with Crippen LogP contribution in [0.2, 0.25) is 0 Å². The summed E-state index contributed by atoms with van der Waals surface area (Å²) in [6, 6.07) is 1.91. The molecule has 0 unspecified atom stereocenters. The maximum Gasteiger partial charge on any atom is 0.279 e. The molecular formula is C10H12ClN3O2S. The molecule has 0 radical (unpaired) electrons. The minimum absolute atomic E-state index is 0.0410. The van der Waals surface area contributed by atoms with Crippen LogP contribution in [0.25, 0.3) is 0 Å². The van der Waals surface area contributed by atoms with Crippen LogP contribution in [0, 0.1) is 18.3 Å². The summed E-state index contributed by atoms with van der Waals surface area (Å²) in [7, 11) is 1.46. The van der Waals surface area contributed by atoms with Gasteiger partial charge in [-0.3, -0.25) is 0 Å². The number of hydrogen-bond donors (Lipinski definition) is 0. The lowest BCUT2D eigenvalue weighted by Gasteiger charge is -2.12. The molecule has 0 N–H and O–H groups in total. The quantitative estimate of drug-likeness (QED) is 0.773. The van der Waals surface area contributed by atoms with Gasteiger partial charge in [0.2, 0.25) is 0 Å². The zero-order valence-electron chi connectivity index (χ0n) is 9.35. The van der Waals surface area contributed by atoms with E-state index in [0.29, 0.717) is 5.69 Å². The second-order valence-electron chi connectivity index (χ2n) is 4.20. The van der Waals surface area contributed by atoms with Gasteiger partial charge in [-0.05, 0) is 19.8 Å². The zero-order valence-corrected chi connectivity index (χ0v) is 10.9. The van der Waals surface area contributed by atoms with E-state index in [1.165, 1.54) is 4.68 Å². The standard InChI is InChI=1S/C10H12ClN3O2S/c1-7-9(6-12)10(17(11,15)16)14(13-7)8-4-2-3-5-8/h8H,2-5H2,1H3. The van der Waals surface area contributed by atoms with Crippen molar-refractivity contribution in [3.05, 3.63) is 11.3 Å². The molecule has 17 heavy (non-hydrogen) atoms. The van der Waals surface area contributed by atoms with Gasteiger partial charge in [-0.1, -0.05) is 12.8 Å². The Morgan fingerprint density at radius 2 is 2.06 bits per heavy atom. The van der Waals surface area contributed by atoms with E-state index in [4.69, 9.17) is 15.9 Å². The Hall–Kier alpha value is -1.06. The van der Waals surface area contributed by atoms with Crippen molar-refractivity contribution in [2.24, 2.45) is 0 Å². The molecule has 92 valence electrons. The summed E-state index contributed by atoms with van der Waals surface area (Å²) in [6.07, 6.45) is 3.86. The molecule has 1 aromatic rings. The molecule has 1 aromatic heterocycles. The van der Waals surface area contributed by atoms with Gasteiger partial charge in [0.05, 0.1) is 11.7 Å². The van der Waals surface area contributed by atoms with Crippen LogP contribution in [0.15, 0.2) is 5.03 Å². The van der Waals surface area contributed by atoms with Crippen molar-refractivity contribution in [1.29, 1.82) is 5.26 Å². The van der Waals surface area contributed by atoms with Crippen molar-refractivity contribution in [3.8, 4) is 6.07 Å². The third-order valence-corrected chi connectivity index (χ3v) is 4.35. The fourth-order valence-corrected chi connectivity index (χ4v) is 3.58. The maximum atomic E-state index is 11.6. The van der Waals surface area contributed by atoms with Gasteiger partial charge in [0, 0.05) is 10.7 Å². The highest BCUT2D eigenvalue weighted by Gasteiger charge is 2.30. The number of halogens is 1. The first kappa shape index (κ1) is 12.4. The topological polar surface area (TPSA) is 75.8 Å². The van der Waals surface area contributed by atoms with Crippen LogP contribution in [0.5, 0.6) is 0 Å². The molecule has 1 heterocycles. The summed E-state index contributed by atoms with van der Waals surface area (Å²) >= 11 is 0.